The van der Waals surface area contributed by atoms with Gasteiger partial charge in [0.2, 0.25) is 5.88 Å². The van der Waals surface area contributed by atoms with E-state index in [2.05, 4.69) is 5.10 Å². The first kappa shape index (κ1) is 9.58. The third-order valence-electron chi connectivity index (χ3n) is 2.21. The van der Waals surface area contributed by atoms with E-state index in [-0.39, 0.29) is 5.88 Å². The first-order valence-electron chi connectivity index (χ1n) is 4.60. The molecule has 4 heteroatoms. The highest BCUT2D eigenvalue weighted by molar-refractivity contribution is 5.38. The van der Waals surface area contributed by atoms with Crippen LogP contribution >= 0.6 is 0 Å². The number of aryl methyl sites for hydroxylation is 1. The van der Waals surface area contributed by atoms with Gasteiger partial charge in [0.25, 0.3) is 0 Å². The Balaban J connectivity index is 2.37. The summed E-state index contributed by atoms with van der Waals surface area (Å²) in [7, 11) is 1.62. The minimum Gasteiger partial charge on any atom is -0.497 e. The summed E-state index contributed by atoms with van der Waals surface area (Å²) in [6.45, 7) is 1.81. The molecule has 0 saturated heterocycles. The molecule has 0 bridgehead atoms. The lowest BCUT2D eigenvalue weighted by atomic mass is 10.3. The summed E-state index contributed by atoms with van der Waals surface area (Å²) >= 11 is 0. The first-order chi connectivity index (χ1) is 7.20. The highest BCUT2D eigenvalue weighted by Gasteiger charge is 2.04. The Kier molecular flexibility index (Phi) is 2.33. The first-order valence-corrected chi connectivity index (χ1v) is 4.60. The van der Waals surface area contributed by atoms with Gasteiger partial charge >= 0.3 is 0 Å². The number of ether oxygens (including phenoxy) is 1. The lowest BCUT2D eigenvalue weighted by Crippen LogP contribution is -1.93. The predicted molar refractivity (Wildman–Crippen MR) is 56.5 cm³/mol. The lowest BCUT2D eigenvalue weighted by molar-refractivity contribution is 0.414. The van der Waals surface area contributed by atoms with E-state index in [4.69, 9.17) is 4.74 Å². The van der Waals surface area contributed by atoms with Crippen molar-refractivity contribution in [3.63, 3.8) is 0 Å². The van der Waals surface area contributed by atoms with Gasteiger partial charge in [-0.05, 0) is 31.2 Å². The molecule has 15 heavy (non-hydrogen) atoms. The summed E-state index contributed by atoms with van der Waals surface area (Å²) in [6.07, 6.45) is 1.77. The number of benzene rings is 1. The van der Waals surface area contributed by atoms with Crippen molar-refractivity contribution in [2.45, 2.75) is 6.92 Å². The molecule has 0 atom stereocenters. The lowest BCUT2D eigenvalue weighted by Gasteiger charge is -2.02. The fourth-order valence-electron chi connectivity index (χ4n) is 1.32. The van der Waals surface area contributed by atoms with Crippen LogP contribution in [0.1, 0.15) is 5.56 Å². The van der Waals surface area contributed by atoms with Crippen LogP contribution in [-0.2, 0) is 0 Å². The molecular weight excluding hydrogens is 192 g/mol. The number of aromatic hydroxyl groups is 1. The number of methoxy groups -OCH3 is 1. The zero-order chi connectivity index (χ0) is 10.8. The van der Waals surface area contributed by atoms with Gasteiger partial charge in [0, 0.05) is 11.8 Å². The quantitative estimate of drug-likeness (QED) is 0.812. The molecule has 0 saturated carbocycles. The van der Waals surface area contributed by atoms with Gasteiger partial charge in [-0.15, -0.1) is 5.10 Å². The Morgan fingerprint density at radius 3 is 2.40 bits per heavy atom. The number of nitrogens with zero attached hydrogens (tertiary/aromatic N) is 2. The van der Waals surface area contributed by atoms with Crippen LogP contribution in [0.15, 0.2) is 30.5 Å². The normalized spacial score (nSPS) is 10.3. The molecule has 2 aromatic rings. The van der Waals surface area contributed by atoms with Gasteiger partial charge in [0.05, 0.1) is 12.8 Å². The van der Waals surface area contributed by atoms with E-state index < -0.39 is 0 Å². The van der Waals surface area contributed by atoms with E-state index in [0.29, 0.717) is 0 Å². The van der Waals surface area contributed by atoms with E-state index in [0.717, 1.165) is 17.0 Å². The maximum absolute atomic E-state index is 9.35. The number of rotatable bonds is 2. The van der Waals surface area contributed by atoms with Crippen LogP contribution < -0.4 is 4.74 Å². The van der Waals surface area contributed by atoms with Crippen LogP contribution in [0.5, 0.6) is 11.6 Å². The third kappa shape index (κ3) is 1.79. The van der Waals surface area contributed by atoms with E-state index in [1.54, 1.807) is 18.0 Å². The standard InChI is InChI=1S/C11H12N2O2/c1-8-7-13(12-11(8)14)9-3-5-10(15-2)6-4-9/h3-7H,1-2H3,(H,12,14). The minimum atomic E-state index is 0.0609. The topological polar surface area (TPSA) is 47.3 Å². The summed E-state index contributed by atoms with van der Waals surface area (Å²) < 4.78 is 6.68. The Morgan fingerprint density at radius 2 is 1.93 bits per heavy atom. The van der Waals surface area contributed by atoms with E-state index in [1.165, 1.54) is 0 Å². The summed E-state index contributed by atoms with van der Waals surface area (Å²) in [5.41, 5.74) is 1.64. The molecule has 2 rings (SSSR count). The Bertz CT molecular complexity index is 440. The van der Waals surface area contributed by atoms with Crippen LogP contribution in [0.2, 0.25) is 0 Å². The minimum absolute atomic E-state index is 0.0609. The van der Waals surface area contributed by atoms with E-state index >= 15 is 0 Å². The molecule has 0 fully saturated rings. The number of aromatic nitrogens is 2. The van der Waals surface area contributed by atoms with Gasteiger partial charge in [-0.25, -0.2) is 4.68 Å². The van der Waals surface area contributed by atoms with Crippen LogP contribution in [0.4, 0.5) is 0 Å². The second-order valence-corrected chi connectivity index (χ2v) is 3.28. The molecule has 0 aliphatic rings. The van der Waals surface area contributed by atoms with E-state index in [1.807, 2.05) is 31.2 Å². The van der Waals surface area contributed by atoms with Crippen molar-refractivity contribution < 1.29 is 9.84 Å². The van der Waals surface area contributed by atoms with Crippen molar-refractivity contribution in [3.05, 3.63) is 36.0 Å². The Morgan fingerprint density at radius 1 is 1.27 bits per heavy atom. The maximum atomic E-state index is 9.35. The molecule has 1 N–H and O–H groups in total. The van der Waals surface area contributed by atoms with Crippen molar-refractivity contribution in [3.8, 4) is 17.3 Å². The number of hydrogen-bond acceptors (Lipinski definition) is 3. The molecule has 1 aromatic carbocycles. The van der Waals surface area contributed by atoms with Crippen LogP contribution in [0.25, 0.3) is 5.69 Å². The van der Waals surface area contributed by atoms with Crippen LogP contribution in [-0.4, -0.2) is 22.0 Å². The zero-order valence-electron chi connectivity index (χ0n) is 8.64. The monoisotopic (exact) mass is 204 g/mol. The van der Waals surface area contributed by atoms with Gasteiger partial charge in [0.1, 0.15) is 5.75 Å². The summed E-state index contributed by atoms with van der Waals surface area (Å²) in [5, 5.41) is 13.3. The SMILES string of the molecule is COc1ccc(-n2cc(C)c(O)n2)cc1. The summed E-state index contributed by atoms with van der Waals surface area (Å²) in [5.74, 6) is 0.859. The van der Waals surface area contributed by atoms with Gasteiger partial charge in [0.15, 0.2) is 0 Å². The van der Waals surface area contributed by atoms with Crippen molar-refractivity contribution in [1.82, 2.24) is 9.78 Å². The highest BCUT2D eigenvalue weighted by Crippen LogP contribution is 2.18. The third-order valence-corrected chi connectivity index (χ3v) is 2.21. The zero-order valence-corrected chi connectivity index (χ0v) is 8.64. The smallest absolute Gasteiger partial charge is 0.233 e. The Hall–Kier alpha value is -1.97. The molecule has 1 aromatic heterocycles. The van der Waals surface area contributed by atoms with Crippen molar-refractivity contribution in [2.75, 3.05) is 7.11 Å². The molecule has 4 nitrogen and oxygen atoms in total. The molecule has 0 unspecified atom stereocenters. The Labute approximate surface area is 87.7 Å². The average Bonchev–Trinajstić information content (AvgIpc) is 2.59. The molecule has 0 spiro atoms. The van der Waals surface area contributed by atoms with Crippen LogP contribution in [0.3, 0.4) is 0 Å². The molecule has 0 aliphatic carbocycles. The molecule has 0 aliphatic heterocycles. The van der Waals surface area contributed by atoms with Crippen molar-refractivity contribution >= 4 is 0 Å². The number of hydrogen-bond donors (Lipinski definition) is 1. The fourth-order valence-corrected chi connectivity index (χ4v) is 1.32. The van der Waals surface area contributed by atoms with Gasteiger partial charge < -0.3 is 9.84 Å². The fraction of sp³-hybridized carbons (Fsp3) is 0.182. The predicted octanol–water partition coefficient (Wildman–Crippen LogP) is 1.89. The van der Waals surface area contributed by atoms with Gasteiger partial charge in [-0.1, -0.05) is 0 Å². The molecule has 78 valence electrons. The van der Waals surface area contributed by atoms with Crippen LogP contribution in [0, 0.1) is 6.92 Å². The van der Waals surface area contributed by atoms with Gasteiger partial charge in [-0.3, -0.25) is 0 Å². The second kappa shape index (κ2) is 3.65. The van der Waals surface area contributed by atoms with Gasteiger partial charge in [-0.2, -0.15) is 0 Å². The highest BCUT2D eigenvalue weighted by atomic mass is 16.5. The average molecular weight is 204 g/mol. The molecular formula is C11H12N2O2. The van der Waals surface area contributed by atoms with Crippen molar-refractivity contribution in [1.29, 1.82) is 0 Å². The summed E-state index contributed by atoms with van der Waals surface area (Å²) in [6, 6.07) is 7.46. The molecule has 1 heterocycles. The van der Waals surface area contributed by atoms with E-state index in [9.17, 15) is 5.11 Å². The molecule has 0 amide bonds. The largest absolute Gasteiger partial charge is 0.497 e. The van der Waals surface area contributed by atoms with Crippen molar-refractivity contribution in [2.24, 2.45) is 0 Å². The molecule has 0 radical (unpaired) electrons. The summed E-state index contributed by atoms with van der Waals surface area (Å²) in [4.78, 5) is 0. The second-order valence-electron chi connectivity index (χ2n) is 3.28. The maximum Gasteiger partial charge on any atom is 0.233 e.